The molecule has 3 aromatic carbocycles. The summed E-state index contributed by atoms with van der Waals surface area (Å²) in [5.74, 6) is 0.718. The van der Waals surface area contributed by atoms with Gasteiger partial charge in [-0.2, -0.15) is 0 Å². The number of benzene rings is 3. The quantitative estimate of drug-likeness (QED) is 0.0319. The van der Waals surface area contributed by atoms with Crippen LogP contribution in [0.1, 0.15) is 226 Å². The van der Waals surface area contributed by atoms with Crippen LogP contribution in [0.15, 0.2) is 60.7 Å². The predicted molar refractivity (Wildman–Crippen MR) is 307 cm³/mol. The summed E-state index contributed by atoms with van der Waals surface area (Å²) in [7, 11) is 1.58. The van der Waals surface area contributed by atoms with Gasteiger partial charge in [-0.15, -0.1) is 0 Å². The Bertz CT molecular complexity index is 2170. The van der Waals surface area contributed by atoms with Gasteiger partial charge in [0, 0.05) is 17.7 Å². The number of rotatable bonds is 45. The van der Waals surface area contributed by atoms with E-state index in [-0.39, 0.29) is 71.4 Å². The van der Waals surface area contributed by atoms with Crippen molar-refractivity contribution in [2.24, 2.45) is 5.92 Å². The summed E-state index contributed by atoms with van der Waals surface area (Å²) < 4.78 is 27.5. The Morgan fingerprint density at radius 1 is 0.434 bits per heavy atom. The van der Waals surface area contributed by atoms with E-state index in [4.69, 9.17) is 28.7 Å². The fourth-order valence-electron chi connectivity index (χ4n) is 9.73. The standard InChI is InChI=1S/C64H97N3O9/c1-5-8-10-12-14-16-18-20-22-23-25-27-29-31-33-35-37-51(36-34-32-30-28-26-24-21-19-17-15-13-11-9-6-2)48-76-61(71)50-75-55-43-45-57(59(69)47-55)64-66-62(52-38-40-53(72-4)41-39-52)65-63(67-64)56-44-42-54(46-58(56)68)74-49-60(70)73-7-3/h38-47,51,68-69H,5-37,48-50H2,1-4H3. The van der Waals surface area contributed by atoms with Crippen molar-refractivity contribution in [2.75, 3.05) is 33.5 Å². The van der Waals surface area contributed by atoms with Gasteiger partial charge in [0.2, 0.25) is 0 Å². The van der Waals surface area contributed by atoms with Gasteiger partial charge >= 0.3 is 11.9 Å². The molecule has 4 aromatic rings. The van der Waals surface area contributed by atoms with E-state index in [0.717, 1.165) is 25.7 Å². The molecule has 0 amide bonds. The summed E-state index contributed by atoms with van der Waals surface area (Å²) >= 11 is 0. The second-order valence-electron chi connectivity index (χ2n) is 20.8. The van der Waals surface area contributed by atoms with Crippen LogP contribution < -0.4 is 14.2 Å². The largest absolute Gasteiger partial charge is 0.507 e. The zero-order valence-electron chi connectivity index (χ0n) is 47.4. The number of aromatic nitrogens is 3. The van der Waals surface area contributed by atoms with Crippen LogP contribution in [-0.4, -0.2) is 70.6 Å². The van der Waals surface area contributed by atoms with Gasteiger partial charge < -0.3 is 33.9 Å². The molecule has 12 heteroatoms. The van der Waals surface area contributed by atoms with E-state index in [1.54, 1.807) is 62.6 Å². The number of phenolic OH excluding ortho intramolecular Hbond substituents is 2. The van der Waals surface area contributed by atoms with E-state index < -0.39 is 11.9 Å². The summed E-state index contributed by atoms with van der Waals surface area (Å²) in [5.41, 5.74) is 1.19. The minimum absolute atomic E-state index is 0.130. The van der Waals surface area contributed by atoms with E-state index in [1.807, 2.05) is 0 Å². The first-order chi connectivity index (χ1) is 37.2. The number of esters is 2. The highest BCUT2D eigenvalue weighted by atomic mass is 16.6. The minimum atomic E-state index is -0.529. The molecule has 4 rings (SSSR count). The minimum Gasteiger partial charge on any atom is -0.507 e. The monoisotopic (exact) mass is 1050 g/mol. The third kappa shape index (κ3) is 26.6. The van der Waals surface area contributed by atoms with Gasteiger partial charge in [-0.3, -0.25) is 0 Å². The number of hydrogen-bond acceptors (Lipinski definition) is 12. The van der Waals surface area contributed by atoms with Gasteiger partial charge in [-0.25, -0.2) is 24.5 Å². The number of carbonyl (C=O) groups is 2. The van der Waals surface area contributed by atoms with Gasteiger partial charge in [0.15, 0.2) is 30.7 Å². The first-order valence-corrected chi connectivity index (χ1v) is 29.9. The maximum absolute atomic E-state index is 13.2. The number of carbonyl (C=O) groups excluding carboxylic acids is 2. The Balaban J connectivity index is 1.28. The van der Waals surface area contributed by atoms with Crippen molar-refractivity contribution in [1.29, 1.82) is 0 Å². The van der Waals surface area contributed by atoms with Crippen molar-refractivity contribution < 1.29 is 43.5 Å². The molecule has 0 aliphatic heterocycles. The molecule has 0 aliphatic carbocycles. The second-order valence-corrected chi connectivity index (χ2v) is 20.8. The van der Waals surface area contributed by atoms with Crippen LogP contribution in [0.25, 0.3) is 34.2 Å². The lowest BCUT2D eigenvalue weighted by Gasteiger charge is -2.17. The molecule has 1 atom stereocenters. The molecule has 0 radical (unpaired) electrons. The Morgan fingerprint density at radius 2 is 0.776 bits per heavy atom. The molecule has 0 spiro atoms. The maximum Gasteiger partial charge on any atom is 0.344 e. The lowest BCUT2D eigenvalue weighted by atomic mass is 9.94. The molecule has 0 aliphatic rings. The van der Waals surface area contributed by atoms with Crippen LogP contribution in [0.4, 0.5) is 0 Å². The summed E-state index contributed by atoms with van der Waals surface area (Å²) in [6.07, 6.45) is 42.4. The number of methoxy groups -OCH3 is 1. The van der Waals surface area contributed by atoms with Crippen LogP contribution in [0, 0.1) is 5.92 Å². The van der Waals surface area contributed by atoms with Crippen molar-refractivity contribution in [3.63, 3.8) is 0 Å². The van der Waals surface area contributed by atoms with Crippen molar-refractivity contribution in [3.8, 4) is 62.9 Å². The average molecular weight is 1050 g/mol. The summed E-state index contributed by atoms with van der Waals surface area (Å²) in [4.78, 5) is 39.0. The molecule has 1 aromatic heterocycles. The fourth-order valence-corrected chi connectivity index (χ4v) is 9.73. The predicted octanol–water partition coefficient (Wildman–Crippen LogP) is 17.3. The number of nitrogens with zero attached hydrogens (tertiary/aromatic N) is 3. The van der Waals surface area contributed by atoms with Crippen LogP contribution in [0.2, 0.25) is 0 Å². The first kappa shape index (κ1) is 63.1. The normalized spacial score (nSPS) is 11.6. The van der Waals surface area contributed by atoms with Gasteiger partial charge in [0.1, 0.15) is 28.7 Å². The zero-order chi connectivity index (χ0) is 54.3. The molecule has 0 saturated carbocycles. The van der Waals surface area contributed by atoms with Crippen LogP contribution in [-0.2, 0) is 19.1 Å². The molecule has 1 unspecified atom stereocenters. The maximum atomic E-state index is 13.2. The Morgan fingerprint density at radius 3 is 1.13 bits per heavy atom. The van der Waals surface area contributed by atoms with Gasteiger partial charge in [-0.1, -0.05) is 206 Å². The molecule has 1 heterocycles. The molecule has 76 heavy (non-hydrogen) atoms. The SMILES string of the molecule is CCCCCCCCCCCCCCCCCCC(CCCCCCCCCCCCCCCC)COC(=O)COc1ccc(-c2nc(-c3ccc(OC)cc3)nc(-c3ccc(OCC(=O)OCC)cc3O)n2)c(O)c1. The lowest BCUT2D eigenvalue weighted by molar-refractivity contribution is -0.147. The van der Waals surface area contributed by atoms with Crippen LogP contribution >= 0.6 is 0 Å². The number of hydrogen-bond donors (Lipinski definition) is 2. The number of unbranched alkanes of at least 4 members (excludes halogenated alkanes) is 28. The lowest BCUT2D eigenvalue weighted by Crippen LogP contribution is -2.19. The second kappa shape index (κ2) is 39.9. The summed E-state index contributed by atoms with van der Waals surface area (Å²) in [5, 5.41) is 22.5. The van der Waals surface area contributed by atoms with Gasteiger partial charge in [0.05, 0.1) is 31.5 Å². The van der Waals surface area contributed by atoms with Crippen molar-refractivity contribution >= 4 is 11.9 Å². The molecule has 422 valence electrons. The molecule has 0 saturated heterocycles. The van der Waals surface area contributed by atoms with Crippen molar-refractivity contribution in [2.45, 2.75) is 226 Å². The van der Waals surface area contributed by atoms with E-state index in [1.165, 1.54) is 192 Å². The van der Waals surface area contributed by atoms with E-state index >= 15 is 0 Å². The highest BCUT2D eigenvalue weighted by Gasteiger charge is 2.19. The van der Waals surface area contributed by atoms with Crippen LogP contribution in [0.3, 0.4) is 0 Å². The Kier molecular flexibility index (Phi) is 33.2. The smallest absolute Gasteiger partial charge is 0.344 e. The third-order valence-electron chi connectivity index (χ3n) is 14.3. The van der Waals surface area contributed by atoms with E-state index in [9.17, 15) is 19.8 Å². The molecule has 0 fully saturated rings. The highest BCUT2D eigenvalue weighted by molar-refractivity contribution is 5.74. The van der Waals surface area contributed by atoms with Crippen molar-refractivity contribution in [1.82, 2.24) is 15.0 Å². The summed E-state index contributed by atoms with van der Waals surface area (Å²) in [6, 6.07) is 16.4. The Labute approximate surface area is 457 Å². The van der Waals surface area contributed by atoms with E-state index in [2.05, 4.69) is 23.8 Å². The van der Waals surface area contributed by atoms with Gasteiger partial charge in [0.25, 0.3) is 0 Å². The zero-order valence-corrected chi connectivity index (χ0v) is 47.4. The third-order valence-corrected chi connectivity index (χ3v) is 14.3. The first-order valence-electron chi connectivity index (χ1n) is 29.9. The molecule has 12 nitrogen and oxygen atoms in total. The Hall–Kier alpha value is -5.39. The molecular weight excluding hydrogens is 955 g/mol. The van der Waals surface area contributed by atoms with Crippen molar-refractivity contribution in [3.05, 3.63) is 60.7 Å². The molecular formula is C64H97N3O9. The number of ether oxygens (including phenoxy) is 5. The molecule has 2 N–H and O–H groups in total. The summed E-state index contributed by atoms with van der Waals surface area (Å²) in [6.45, 7) is 6.28. The highest BCUT2D eigenvalue weighted by Crippen LogP contribution is 2.36. The fraction of sp³-hybridized carbons (Fsp3) is 0.641. The molecule has 0 bridgehead atoms. The van der Waals surface area contributed by atoms with Gasteiger partial charge in [-0.05, 0) is 74.2 Å². The van der Waals surface area contributed by atoms with E-state index in [0.29, 0.717) is 23.8 Å². The van der Waals surface area contributed by atoms with Crippen LogP contribution in [0.5, 0.6) is 28.7 Å². The average Bonchev–Trinajstić information content (AvgIpc) is 3.43. The topological polar surface area (TPSA) is 159 Å². The number of aromatic hydroxyl groups is 2. The number of phenols is 2.